The highest BCUT2D eigenvalue weighted by Gasteiger charge is 2.14. The van der Waals surface area contributed by atoms with E-state index in [4.69, 9.17) is 5.11 Å². The number of nitrogens with zero attached hydrogens (tertiary/aromatic N) is 1. The predicted octanol–water partition coefficient (Wildman–Crippen LogP) is 2.37. The number of carbonyl (C=O) groups is 2. The lowest BCUT2D eigenvalue weighted by Crippen LogP contribution is -2.21. The van der Waals surface area contributed by atoms with Gasteiger partial charge < -0.3 is 15.7 Å². The first kappa shape index (κ1) is 13.6. The summed E-state index contributed by atoms with van der Waals surface area (Å²) >= 11 is 0. The van der Waals surface area contributed by atoms with Gasteiger partial charge in [-0.1, -0.05) is 12.1 Å². The standard InChI is InChI=1S/C13H14N4O3/c1-7-11(8(2)17-16-7)15-13(20)14-10-6-4-3-5-9(10)12(18)19/h3-6H,1-2H3,(H,16,17)(H,18,19)(H2,14,15,20). The Kier molecular flexibility index (Phi) is 3.69. The maximum absolute atomic E-state index is 11.9. The third kappa shape index (κ3) is 2.77. The molecule has 0 saturated heterocycles. The summed E-state index contributed by atoms with van der Waals surface area (Å²) in [6.45, 7) is 3.53. The van der Waals surface area contributed by atoms with Crippen LogP contribution in [-0.2, 0) is 0 Å². The number of aryl methyl sites for hydroxylation is 2. The summed E-state index contributed by atoms with van der Waals surface area (Å²) in [6.07, 6.45) is 0. The van der Waals surface area contributed by atoms with Crippen LogP contribution in [0, 0.1) is 13.8 Å². The van der Waals surface area contributed by atoms with E-state index in [-0.39, 0.29) is 11.3 Å². The minimum Gasteiger partial charge on any atom is -0.478 e. The van der Waals surface area contributed by atoms with Crippen molar-refractivity contribution < 1.29 is 14.7 Å². The smallest absolute Gasteiger partial charge is 0.337 e. The zero-order chi connectivity index (χ0) is 14.7. The molecule has 7 heteroatoms. The van der Waals surface area contributed by atoms with Crippen molar-refractivity contribution in [2.45, 2.75) is 13.8 Å². The van der Waals surface area contributed by atoms with Crippen LogP contribution >= 0.6 is 0 Å². The van der Waals surface area contributed by atoms with Crippen LogP contribution in [0.25, 0.3) is 0 Å². The average molecular weight is 274 g/mol. The number of H-pyrrole nitrogens is 1. The summed E-state index contributed by atoms with van der Waals surface area (Å²) in [5.41, 5.74) is 2.23. The molecule has 1 heterocycles. The summed E-state index contributed by atoms with van der Waals surface area (Å²) in [5.74, 6) is -1.10. The topological polar surface area (TPSA) is 107 Å². The molecule has 7 nitrogen and oxygen atoms in total. The number of hydrogen-bond acceptors (Lipinski definition) is 3. The second kappa shape index (κ2) is 5.43. The number of amides is 2. The Morgan fingerprint density at radius 2 is 1.90 bits per heavy atom. The molecule has 4 N–H and O–H groups in total. The molecule has 0 aliphatic carbocycles. The van der Waals surface area contributed by atoms with Gasteiger partial charge in [0.15, 0.2) is 0 Å². The highest BCUT2D eigenvalue weighted by atomic mass is 16.4. The van der Waals surface area contributed by atoms with Gasteiger partial charge in [-0.2, -0.15) is 5.10 Å². The molecule has 2 aromatic rings. The maximum Gasteiger partial charge on any atom is 0.337 e. The summed E-state index contributed by atoms with van der Waals surface area (Å²) in [4.78, 5) is 22.9. The quantitative estimate of drug-likeness (QED) is 0.689. The van der Waals surface area contributed by atoms with Gasteiger partial charge in [-0.05, 0) is 26.0 Å². The SMILES string of the molecule is Cc1n[nH]c(C)c1NC(=O)Nc1ccccc1C(=O)O. The van der Waals surface area contributed by atoms with Crippen molar-refractivity contribution in [2.75, 3.05) is 10.6 Å². The maximum atomic E-state index is 11.9. The molecule has 0 fully saturated rings. The van der Waals surface area contributed by atoms with Crippen molar-refractivity contribution in [2.24, 2.45) is 0 Å². The summed E-state index contributed by atoms with van der Waals surface area (Å²) < 4.78 is 0. The Bertz CT molecular complexity index is 644. The van der Waals surface area contributed by atoms with Gasteiger partial charge in [0.25, 0.3) is 0 Å². The first-order valence-corrected chi connectivity index (χ1v) is 5.91. The molecule has 1 aromatic heterocycles. The molecule has 0 atom stereocenters. The molecule has 0 saturated carbocycles. The lowest BCUT2D eigenvalue weighted by Gasteiger charge is -2.09. The molecule has 0 spiro atoms. The fraction of sp³-hybridized carbons (Fsp3) is 0.154. The minimum absolute atomic E-state index is 0.0308. The Labute approximate surface area is 115 Å². The van der Waals surface area contributed by atoms with Crippen molar-refractivity contribution in [3.63, 3.8) is 0 Å². The van der Waals surface area contributed by atoms with Crippen molar-refractivity contribution in [3.05, 3.63) is 41.2 Å². The fourth-order valence-electron chi connectivity index (χ4n) is 1.78. The van der Waals surface area contributed by atoms with Gasteiger partial charge in [-0.15, -0.1) is 0 Å². The zero-order valence-electron chi connectivity index (χ0n) is 11.0. The van der Waals surface area contributed by atoms with Gasteiger partial charge in [0.2, 0.25) is 0 Å². The van der Waals surface area contributed by atoms with Crippen molar-refractivity contribution in [1.29, 1.82) is 0 Å². The van der Waals surface area contributed by atoms with Crippen LogP contribution < -0.4 is 10.6 Å². The molecule has 0 aliphatic rings. The van der Waals surface area contributed by atoms with Crippen LogP contribution in [0.2, 0.25) is 0 Å². The molecule has 0 unspecified atom stereocenters. The molecule has 2 amide bonds. The third-order valence-corrected chi connectivity index (χ3v) is 2.77. The summed E-state index contributed by atoms with van der Waals surface area (Å²) in [5, 5.41) is 20.9. The number of carboxylic acids is 1. The second-order valence-electron chi connectivity index (χ2n) is 4.24. The van der Waals surface area contributed by atoms with E-state index in [2.05, 4.69) is 20.8 Å². The zero-order valence-corrected chi connectivity index (χ0v) is 11.0. The van der Waals surface area contributed by atoms with E-state index in [1.807, 2.05) is 0 Å². The van der Waals surface area contributed by atoms with E-state index in [0.717, 1.165) is 5.69 Å². The number of nitrogens with one attached hydrogen (secondary N) is 3. The number of rotatable bonds is 3. The van der Waals surface area contributed by atoms with Gasteiger partial charge in [0, 0.05) is 0 Å². The molecule has 2 rings (SSSR count). The summed E-state index contributed by atoms with van der Waals surface area (Å²) in [7, 11) is 0. The number of hydrogen-bond donors (Lipinski definition) is 4. The molecule has 104 valence electrons. The van der Waals surface area contributed by atoms with Gasteiger partial charge >= 0.3 is 12.0 Å². The first-order valence-electron chi connectivity index (χ1n) is 5.91. The normalized spacial score (nSPS) is 10.1. The van der Waals surface area contributed by atoms with Crippen molar-refractivity contribution in [3.8, 4) is 0 Å². The van der Waals surface area contributed by atoms with E-state index >= 15 is 0 Å². The first-order chi connectivity index (χ1) is 9.49. The number of aromatic nitrogens is 2. The number of para-hydroxylation sites is 1. The Balaban J connectivity index is 2.15. The lowest BCUT2D eigenvalue weighted by atomic mass is 10.2. The highest BCUT2D eigenvalue weighted by molar-refractivity contribution is 6.04. The minimum atomic E-state index is -1.10. The molecule has 0 aliphatic heterocycles. The van der Waals surface area contributed by atoms with E-state index in [9.17, 15) is 9.59 Å². The Morgan fingerprint density at radius 1 is 1.20 bits per heavy atom. The molecule has 1 aromatic carbocycles. The molecular weight excluding hydrogens is 260 g/mol. The van der Waals surface area contributed by atoms with E-state index < -0.39 is 12.0 Å². The third-order valence-electron chi connectivity index (χ3n) is 2.77. The molecular formula is C13H14N4O3. The number of aromatic carboxylic acids is 1. The number of benzene rings is 1. The van der Waals surface area contributed by atoms with E-state index in [1.165, 1.54) is 12.1 Å². The van der Waals surface area contributed by atoms with Gasteiger partial charge in [0.1, 0.15) is 0 Å². The van der Waals surface area contributed by atoms with Crippen LogP contribution in [0.15, 0.2) is 24.3 Å². The number of carbonyl (C=O) groups excluding carboxylic acids is 1. The second-order valence-corrected chi connectivity index (χ2v) is 4.24. The number of carboxylic acid groups (broad SMARTS) is 1. The van der Waals surface area contributed by atoms with E-state index in [0.29, 0.717) is 11.4 Å². The van der Waals surface area contributed by atoms with Crippen molar-refractivity contribution in [1.82, 2.24) is 10.2 Å². The van der Waals surface area contributed by atoms with E-state index in [1.54, 1.807) is 26.0 Å². The average Bonchev–Trinajstić information content (AvgIpc) is 2.71. The number of urea groups is 1. The Hall–Kier alpha value is -2.83. The van der Waals surface area contributed by atoms with Crippen LogP contribution in [0.1, 0.15) is 21.7 Å². The fourth-order valence-corrected chi connectivity index (χ4v) is 1.78. The predicted molar refractivity (Wildman–Crippen MR) is 74.1 cm³/mol. The summed E-state index contributed by atoms with van der Waals surface area (Å²) in [6, 6.07) is 5.67. The van der Waals surface area contributed by atoms with Crippen molar-refractivity contribution >= 4 is 23.4 Å². The highest BCUT2D eigenvalue weighted by Crippen LogP contribution is 2.18. The van der Waals surface area contributed by atoms with Gasteiger partial charge in [-0.3, -0.25) is 5.10 Å². The number of anilines is 2. The largest absolute Gasteiger partial charge is 0.478 e. The van der Waals surface area contributed by atoms with Crippen LogP contribution in [0.4, 0.5) is 16.2 Å². The molecule has 0 radical (unpaired) electrons. The molecule has 20 heavy (non-hydrogen) atoms. The lowest BCUT2D eigenvalue weighted by molar-refractivity contribution is 0.0698. The van der Waals surface area contributed by atoms with Crippen LogP contribution in [0.5, 0.6) is 0 Å². The van der Waals surface area contributed by atoms with Crippen LogP contribution in [0.3, 0.4) is 0 Å². The number of aromatic amines is 1. The Morgan fingerprint density at radius 3 is 2.50 bits per heavy atom. The van der Waals surface area contributed by atoms with Crippen LogP contribution in [-0.4, -0.2) is 27.3 Å². The monoisotopic (exact) mass is 274 g/mol. The van der Waals surface area contributed by atoms with Gasteiger partial charge in [0.05, 0.1) is 28.3 Å². The molecule has 0 bridgehead atoms. The van der Waals surface area contributed by atoms with Gasteiger partial charge in [-0.25, -0.2) is 9.59 Å².